The first-order valence-electron chi connectivity index (χ1n) is 5.53. The minimum absolute atomic E-state index is 0.0724. The topological polar surface area (TPSA) is 29.5 Å². The summed E-state index contributed by atoms with van der Waals surface area (Å²) in [5.41, 5.74) is 0.824. The molecule has 1 fully saturated rings. The van der Waals surface area contributed by atoms with E-state index in [4.69, 9.17) is 0 Å². The predicted octanol–water partition coefficient (Wildman–Crippen LogP) is 3.02. The Morgan fingerprint density at radius 2 is 2.06 bits per heavy atom. The molecule has 1 amide bonds. The van der Waals surface area contributed by atoms with Crippen LogP contribution in [0.3, 0.4) is 0 Å². The van der Waals surface area contributed by atoms with Crippen LogP contribution in [0.25, 0.3) is 0 Å². The summed E-state index contributed by atoms with van der Waals surface area (Å²) in [5, 5.41) is 0. The molecule has 1 saturated heterocycles. The zero-order valence-corrected chi connectivity index (χ0v) is 9.75. The van der Waals surface area contributed by atoms with E-state index in [-0.39, 0.29) is 11.7 Å². The van der Waals surface area contributed by atoms with Gasteiger partial charge in [-0.1, -0.05) is 6.07 Å². The summed E-state index contributed by atoms with van der Waals surface area (Å²) in [4.78, 5) is 13.0. The largest absolute Gasteiger partial charge is 0.573 e. The van der Waals surface area contributed by atoms with Crippen LogP contribution >= 0.6 is 0 Å². The van der Waals surface area contributed by atoms with E-state index in [0.29, 0.717) is 24.2 Å². The molecule has 0 N–H and O–H groups in total. The van der Waals surface area contributed by atoms with E-state index in [2.05, 4.69) is 4.74 Å². The summed E-state index contributed by atoms with van der Waals surface area (Å²) in [6.45, 7) is 2.06. The van der Waals surface area contributed by atoms with Crippen molar-refractivity contribution in [3.63, 3.8) is 0 Å². The van der Waals surface area contributed by atoms with E-state index < -0.39 is 6.36 Å². The fourth-order valence-electron chi connectivity index (χ4n) is 1.91. The van der Waals surface area contributed by atoms with Gasteiger partial charge in [-0.3, -0.25) is 4.79 Å². The molecule has 0 atom stereocenters. The van der Waals surface area contributed by atoms with Crippen molar-refractivity contribution < 1.29 is 22.7 Å². The van der Waals surface area contributed by atoms with Crippen molar-refractivity contribution in [3.05, 3.63) is 23.8 Å². The molecule has 0 unspecified atom stereocenters. The fraction of sp³-hybridized carbons (Fsp3) is 0.417. The number of amides is 1. The van der Waals surface area contributed by atoms with Crippen molar-refractivity contribution in [1.82, 2.24) is 0 Å². The van der Waals surface area contributed by atoms with Crippen molar-refractivity contribution in [2.45, 2.75) is 26.1 Å². The Kier molecular flexibility index (Phi) is 3.19. The Balaban J connectivity index is 2.28. The van der Waals surface area contributed by atoms with Gasteiger partial charge in [0.1, 0.15) is 5.75 Å². The Morgan fingerprint density at radius 3 is 2.61 bits per heavy atom. The van der Waals surface area contributed by atoms with E-state index in [1.807, 2.05) is 0 Å². The molecule has 3 nitrogen and oxygen atoms in total. The third kappa shape index (κ3) is 2.75. The smallest absolute Gasteiger partial charge is 0.405 e. The second-order valence-electron chi connectivity index (χ2n) is 4.15. The van der Waals surface area contributed by atoms with Gasteiger partial charge in [-0.2, -0.15) is 0 Å². The number of ether oxygens (including phenoxy) is 1. The molecule has 98 valence electrons. The summed E-state index contributed by atoms with van der Waals surface area (Å²) >= 11 is 0. The summed E-state index contributed by atoms with van der Waals surface area (Å²) in [6, 6.07) is 4.40. The van der Waals surface area contributed by atoms with Gasteiger partial charge < -0.3 is 9.64 Å². The molecule has 0 spiro atoms. The quantitative estimate of drug-likeness (QED) is 0.817. The number of aryl methyl sites for hydroxylation is 1. The lowest BCUT2D eigenvalue weighted by atomic mass is 10.2. The lowest BCUT2D eigenvalue weighted by Gasteiger charge is -2.18. The van der Waals surface area contributed by atoms with Gasteiger partial charge in [-0.05, 0) is 25.0 Å². The first-order chi connectivity index (χ1) is 8.37. The summed E-state index contributed by atoms with van der Waals surface area (Å²) in [7, 11) is 0. The number of hydrogen-bond donors (Lipinski definition) is 0. The second kappa shape index (κ2) is 4.51. The van der Waals surface area contributed by atoms with Crippen LogP contribution in [0.1, 0.15) is 18.4 Å². The number of rotatable bonds is 2. The van der Waals surface area contributed by atoms with E-state index in [1.54, 1.807) is 6.07 Å². The Morgan fingerprint density at radius 1 is 1.33 bits per heavy atom. The van der Waals surface area contributed by atoms with Crippen LogP contribution in [-0.4, -0.2) is 18.8 Å². The molecule has 6 heteroatoms. The Labute approximate surface area is 102 Å². The average molecular weight is 259 g/mol. The van der Waals surface area contributed by atoms with Crippen molar-refractivity contribution in [1.29, 1.82) is 0 Å². The Bertz CT molecular complexity index is 471. The summed E-state index contributed by atoms with van der Waals surface area (Å²) in [6.07, 6.45) is -3.57. The number of anilines is 1. The number of hydrogen-bond acceptors (Lipinski definition) is 2. The molecular formula is C12H12F3NO2. The molecule has 1 aliphatic heterocycles. The van der Waals surface area contributed by atoms with Crippen LogP contribution in [0.15, 0.2) is 18.2 Å². The summed E-state index contributed by atoms with van der Waals surface area (Å²) in [5.74, 6) is -0.337. The van der Waals surface area contributed by atoms with Crippen molar-refractivity contribution >= 4 is 11.6 Å². The predicted molar refractivity (Wildman–Crippen MR) is 59.4 cm³/mol. The highest BCUT2D eigenvalue weighted by Crippen LogP contribution is 2.31. The van der Waals surface area contributed by atoms with Crippen LogP contribution in [0, 0.1) is 6.92 Å². The number of carbonyl (C=O) groups is 1. The van der Waals surface area contributed by atoms with Crippen molar-refractivity contribution in [2.75, 3.05) is 11.4 Å². The maximum Gasteiger partial charge on any atom is 0.573 e. The lowest BCUT2D eigenvalue weighted by molar-refractivity contribution is -0.274. The minimum atomic E-state index is -4.72. The van der Waals surface area contributed by atoms with E-state index in [1.165, 1.54) is 24.0 Å². The molecule has 0 aromatic heterocycles. The highest BCUT2D eigenvalue weighted by molar-refractivity contribution is 5.95. The van der Waals surface area contributed by atoms with E-state index >= 15 is 0 Å². The van der Waals surface area contributed by atoms with Gasteiger partial charge in [0.15, 0.2) is 0 Å². The zero-order chi connectivity index (χ0) is 13.3. The van der Waals surface area contributed by atoms with Gasteiger partial charge in [0.25, 0.3) is 0 Å². The third-order valence-electron chi connectivity index (χ3n) is 2.78. The van der Waals surface area contributed by atoms with Crippen LogP contribution in [-0.2, 0) is 4.79 Å². The molecule has 0 bridgehead atoms. The van der Waals surface area contributed by atoms with Gasteiger partial charge >= 0.3 is 6.36 Å². The molecular weight excluding hydrogens is 247 g/mol. The average Bonchev–Trinajstić information content (AvgIpc) is 2.66. The highest BCUT2D eigenvalue weighted by Gasteiger charge is 2.32. The van der Waals surface area contributed by atoms with Gasteiger partial charge in [-0.15, -0.1) is 13.2 Å². The minimum Gasteiger partial charge on any atom is -0.405 e. The van der Waals surface area contributed by atoms with Gasteiger partial charge in [0.05, 0.1) is 0 Å². The first-order valence-corrected chi connectivity index (χ1v) is 5.53. The van der Waals surface area contributed by atoms with Gasteiger partial charge in [0, 0.05) is 24.7 Å². The van der Waals surface area contributed by atoms with Crippen molar-refractivity contribution in [3.8, 4) is 5.75 Å². The third-order valence-corrected chi connectivity index (χ3v) is 2.78. The maximum atomic E-state index is 12.2. The van der Waals surface area contributed by atoms with Gasteiger partial charge in [0.2, 0.25) is 5.91 Å². The number of alkyl halides is 3. The Hall–Kier alpha value is -1.72. The molecule has 1 heterocycles. The first kappa shape index (κ1) is 12.7. The molecule has 1 aliphatic rings. The normalized spacial score (nSPS) is 16.2. The molecule has 2 rings (SSSR count). The molecule has 0 radical (unpaired) electrons. The standard InChI is InChI=1S/C12H12F3NO2/c1-8-4-5-9(16-6-2-3-11(16)17)7-10(8)18-12(13,14)15/h4-5,7H,2-3,6H2,1H3. The monoisotopic (exact) mass is 259 g/mol. The highest BCUT2D eigenvalue weighted by atomic mass is 19.4. The van der Waals surface area contributed by atoms with Crippen LogP contribution in [0.5, 0.6) is 5.75 Å². The maximum absolute atomic E-state index is 12.2. The molecule has 18 heavy (non-hydrogen) atoms. The van der Waals surface area contributed by atoms with Crippen LogP contribution in [0.2, 0.25) is 0 Å². The van der Waals surface area contributed by atoms with Crippen LogP contribution in [0.4, 0.5) is 18.9 Å². The van der Waals surface area contributed by atoms with E-state index in [0.717, 1.165) is 6.42 Å². The number of halogens is 3. The zero-order valence-electron chi connectivity index (χ0n) is 9.75. The summed E-state index contributed by atoms with van der Waals surface area (Å²) < 4.78 is 40.5. The SMILES string of the molecule is Cc1ccc(N2CCCC2=O)cc1OC(F)(F)F. The van der Waals surface area contributed by atoms with E-state index in [9.17, 15) is 18.0 Å². The van der Waals surface area contributed by atoms with Gasteiger partial charge in [-0.25, -0.2) is 0 Å². The van der Waals surface area contributed by atoms with Crippen LogP contribution < -0.4 is 9.64 Å². The molecule has 0 saturated carbocycles. The lowest BCUT2D eigenvalue weighted by Crippen LogP contribution is -2.24. The molecule has 1 aromatic rings. The number of benzene rings is 1. The molecule has 1 aromatic carbocycles. The van der Waals surface area contributed by atoms with Crippen molar-refractivity contribution in [2.24, 2.45) is 0 Å². The second-order valence-corrected chi connectivity index (χ2v) is 4.15. The number of carbonyl (C=O) groups excluding carboxylic acids is 1. The fourth-order valence-corrected chi connectivity index (χ4v) is 1.91. The molecule has 0 aliphatic carbocycles. The number of nitrogens with zero attached hydrogens (tertiary/aromatic N) is 1.